The lowest BCUT2D eigenvalue weighted by Crippen LogP contribution is -2.17. The summed E-state index contributed by atoms with van der Waals surface area (Å²) in [5.41, 5.74) is 6.09. The Kier molecular flexibility index (Phi) is 2.06. The molecule has 1 aromatic carbocycles. The summed E-state index contributed by atoms with van der Waals surface area (Å²) in [6, 6.07) is 2.68. The van der Waals surface area contributed by atoms with Crippen molar-refractivity contribution in [3.05, 3.63) is 23.5 Å². The summed E-state index contributed by atoms with van der Waals surface area (Å²) in [7, 11) is 0. The Hall–Kier alpha value is -1.29. The van der Waals surface area contributed by atoms with E-state index in [9.17, 15) is 4.39 Å². The Labute approximate surface area is 75.3 Å². The number of rotatable bonds is 1. The van der Waals surface area contributed by atoms with Crippen molar-refractivity contribution in [1.29, 1.82) is 0 Å². The van der Waals surface area contributed by atoms with Crippen molar-refractivity contribution in [3.63, 3.8) is 0 Å². The highest BCUT2D eigenvalue weighted by Gasteiger charge is 2.16. The van der Waals surface area contributed by atoms with Crippen molar-refractivity contribution >= 4 is 0 Å². The number of ether oxygens (including phenoxy) is 2. The molecule has 1 aromatic rings. The van der Waals surface area contributed by atoms with Gasteiger partial charge in [0.1, 0.15) is 19.0 Å². The Balaban J connectivity index is 2.50. The zero-order valence-corrected chi connectivity index (χ0v) is 7.05. The monoisotopic (exact) mass is 183 g/mol. The van der Waals surface area contributed by atoms with E-state index in [2.05, 4.69) is 0 Å². The number of fused-ring (bicyclic) bond motifs is 1. The molecule has 0 aliphatic carbocycles. The molecule has 70 valence electrons. The molecule has 0 unspecified atom stereocenters. The third-order valence-corrected chi connectivity index (χ3v) is 1.90. The third-order valence-electron chi connectivity index (χ3n) is 1.90. The highest BCUT2D eigenvalue weighted by atomic mass is 19.1. The first-order chi connectivity index (χ1) is 6.31. The van der Waals surface area contributed by atoms with Gasteiger partial charge in [-0.05, 0) is 6.07 Å². The Morgan fingerprint density at radius 2 is 2.08 bits per heavy atom. The highest BCUT2D eigenvalue weighted by Crippen LogP contribution is 2.34. The lowest BCUT2D eigenvalue weighted by Gasteiger charge is -2.20. The van der Waals surface area contributed by atoms with E-state index < -0.39 is 0 Å². The van der Waals surface area contributed by atoms with Crippen molar-refractivity contribution in [2.75, 3.05) is 13.2 Å². The molecule has 0 fully saturated rings. The molecule has 13 heavy (non-hydrogen) atoms. The molecular weight excluding hydrogens is 173 g/mol. The zero-order valence-electron chi connectivity index (χ0n) is 7.05. The number of hydrogen-bond acceptors (Lipinski definition) is 3. The summed E-state index contributed by atoms with van der Waals surface area (Å²) in [5.74, 6) is 0.687. The van der Waals surface area contributed by atoms with Crippen molar-refractivity contribution in [3.8, 4) is 11.5 Å². The molecule has 0 spiro atoms. The molecule has 3 nitrogen and oxygen atoms in total. The van der Waals surface area contributed by atoms with Crippen LogP contribution in [0, 0.1) is 5.82 Å². The number of halogens is 1. The molecule has 2 rings (SSSR count). The van der Waals surface area contributed by atoms with Crippen LogP contribution in [0.1, 0.15) is 5.56 Å². The Bertz CT molecular complexity index is 310. The minimum Gasteiger partial charge on any atom is -0.486 e. The predicted molar refractivity (Wildman–Crippen MR) is 45.3 cm³/mol. The summed E-state index contributed by atoms with van der Waals surface area (Å²) < 4.78 is 23.5. The fraction of sp³-hybridized carbons (Fsp3) is 0.333. The second-order valence-electron chi connectivity index (χ2n) is 2.79. The van der Waals surface area contributed by atoms with Crippen LogP contribution in [0.4, 0.5) is 4.39 Å². The van der Waals surface area contributed by atoms with Gasteiger partial charge in [-0.25, -0.2) is 4.39 Å². The Morgan fingerprint density at radius 1 is 1.31 bits per heavy atom. The van der Waals surface area contributed by atoms with Crippen LogP contribution in [-0.2, 0) is 6.54 Å². The average Bonchev–Trinajstić information content (AvgIpc) is 2.16. The topological polar surface area (TPSA) is 44.5 Å². The second-order valence-corrected chi connectivity index (χ2v) is 2.79. The summed E-state index contributed by atoms with van der Waals surface area (Å²) in [4.78, 5) is 0. The van der Waals surface area contributed by atoms with E-state index in [4.69, 9.17) is 15.2 Å². The predicted octanol–water partition coefficient (Wildman–Crippen LogP) is 1.06. The molecular formula is C9H10FNO2. The van der Waals surface area contributed by atoms with Crippen LogP contribution in [0.5, 0.6) is 11.5 Å². The maximum Gasteiger partial charge on any atom is 0.166 e. The highest BCUT2D eigenvalue weighted by molar-refractivity contribution is 5.47. The molecule has 0 amide bonds. The molecule has 0 bridgehead atoms. The molecule has 1 aliphatic heterocycles. The number of benzene rings is 1. The lowest BCUT2D eigenvalue weighted by atomic mass is 10.1. The van der Waals surface area contributed by atoms with Crippen molar-refractivity contribution in [2.45, 2.75) is 6.54 Å². The number of nitrogens with two attached hydrogens (primary N) is 1. The molecule has 4 heteroatoms. The fourth-order valence-electron chi connectivity index (χ4n) is 1.34. The van der Waals surface area contributed by atoms with Crippen molar-refractivity contribution in [2.24, 2.45) is 5.73 Å². The molecule has 0 radical (unpaired) electrons. The van der Waals surface area contributed by atoms with Gasteiger partial charge < -0.3 is 15.2 Å². The van der Waals surface area contributed by atoms with Gasteiger partial charge in [-0.15, -0.1) is 0 Å². The molecule has 0 saturated heterocycles. The first kappa shape index (κ1) is 8.31. The van der Waals surface area contributed by atoms with Gasteiger partial charge in [-0.2, -0.15) is 0 Å². The van der Waals surface area contributed by atoms with Gasteiger partial charge in [0.05, 0.1) is 0 Å². The van der Waals surface area contributed by atoms with E-state index >= 15 is 0 Å². The van der Waals surface area contributed by atoms with Crippen LogP contribution in [0.15, 0.2) is 12.1 Å². The van der Waals surface area contributed by atoms with E-state index in [0.29, 0.717) is 30.3 Å². The smallest absolute Gasteiger partial charge is 0.166 e. The van der Waals surface area contributed by atoms with Crippen LogP contribution in [-0.4, -0.2) is 13.2 Å². The van der Waals surface area contributed by atoms with Gasteiger partial charge in [0.15, 0.2) is 11.5 Å². The molecule has 0 atom stereocenters. The minimum absolute atomic E-state index is 0.253. The Morgan fingerprint density at radius 3 is 2.85 bits per heavy atom. The second kappa shape index (κ2) is 3.22. The minimum atomic E-state index is -0.343. The first-order valence-electron chi connectivity index (χ1n) is 4.09. The maximum atomic E-state index is 13.0. The normalized spacial score (nSPS) is 14.3. The van der Waals surface area contributed by atoms with Gasteiger partial charge in [-0.3, -0.25) is 0 Å². The summed E-state index contributed by atoms with van der Waals surface area (Å²) in [5, 5.41) is 0. The molecule has 1 aliphatic rings. The largest absolute Gasteiger partial charge is 0.486 e. The van der Waals surface area contributed by atoms with Gasteiger partial charge in [-0.1, -0.05) is 0 Å². The first-order valence-corrected chi connectivity index (χ1v) is 4.09. The van der Waals surface area contributed by atoms with E-state index in [-0.39, 0.29) is 12.4 Å². The van der Waals surface area contributed by atoms with E-state index in [1.807, 2.05) is 0 Å². The van der Waals surface area contributed by atoms with Gasteiger partial charge >= 0.3 is 0 Å². The lowest BCUT2D eigenvalue weighted by molar-refractivity contribution is 0.169. The van der Waals surface area contributed by atoms with Gasteiger partial charge in [0, 0.05) is 18.2 Å². The maximum absolute atomic E-state index is 13.0. The average molecular weight is 183 g/mol. The summed E-state index contributed by atoms with van der Waals surface area (Å²) in [6.45, 7) is 1.20. The summed E-state index contributed by atoms with van der Waals surface area (Å²) in [6.07, 6.45) is 0. The molecule has 0 aromatic heterocycles. The SMILES string of the molecule is NCc1cc(F)cc2c1OCCO2. The standard InChI is InChI=1S/C9H10FNO2/c10-7-3-6(5-11)9-8(4-7)12-1-2-13-9/h3-4H,1-2,5,11H2. The van der Waals surface area contributed by atoms with E-state index in [1.54, 1.807) is 0 Å². The van der Waals surface area contributed by atoms with E-state index in [0.717, 1.165) is 0 Å². The van der Waals surface area contributed by atoms with Crippen molar-refractivity contribution < 1.29 is 13.9 Å². The molecule has 0 saturated carbocycles. The fourth-order valence-corrected chi connectivity index (χ4v) is 1.34. The third kappa shape index (κ3) is 1.45. The summed E-state index contributed by atoms with van der Waals surface area (Å²) >= 11 is 0. The zero-order chi connectivity index (χ0) is 9.26. The van der Waals surface area contributed by atoms with Crippen LogP contribution in [0.3, 0.4) is 0 Å². The van der Waals surface area contributed by atoms with Crippen LogP contribution < -0.4 is 15.2 Å². The van der Waals surface area contributed by atoms with Crippen LogP contribution in [0.2, 0.25) is 0 Å². The number of hydrogen-bond donors (Lipinski definition) is 1. The quantitative estimate of drug-likeness (QED) is 0.707. The van der Waals surface area contributed by atoms with Crippen LogP contribution in [0.25, 0.3) is 0 Å². The van der Waals surface area contributed by atoms with Crippen molar-refractivity contribution in [1.82, 2.24) is 0 Å². The van der Waals surface area contributed by atoms with Crippen LogP contribution >= 0.6 is 0 Å². The van der Waals surface area contributed by atoms with Gasteiger partial charge in [0.2, 0.25) is 0 Å². The van der Waals surface area contributed by atoms with Gasteiger partial charge in [0.25, 0.3) is 0 Å². The molecule has 1 heterocycles. The van der Waals surface area contributed by atoms with E-state index in [1.165, 1.54) is 12.1 Å². The molecule has 2 N–H and O–H groups in total.